The second kappa shape index (κ2) is 14.5. The highest BCUT2D eigenvalue weighted by molar-refractivity contribution is 6.24. The third-order valence-corrected chi connectivity index (χ3v) is 12.7. The molecule has 5 heteroatoms. The zero-order chi connectivity index (χ0) is 42.1. The van der Waals surface area contributed by atoms with Crippen molar-refractivity contribution in [3.8, 4) is 44.9 Å². The van der Waals surface area contributed by atoms with Crippen LogP contribution in [0.5, 0.6) is 0 Å². The van der Waals surface area contributed by atoms with Crippen molar-refractivity contribution in [2.75, 3.05) is 4.90 Å². The molecule has 0 radical (unpaired) electrons. The number of benzene rings is 8. The van der Waals surface area contributed by atoms with Crippen molar-refractivity contribution in [3.63, 3.8) is 0 Å². The van der Waals surface area contributed by atoms with E-state index in [1.165, 1.54) is 49.2 Å². The summed E-state index contributed by atoms with van der Waals surface area (Å²) in [6, 6.07) is 77.8. The van der Waals surface area contributed by atoms with Crippen LogP contribution in [0.25, 0.3) is 105 Å². The van der Waals surface area contributed by atoms with Gasteiger partial charge in [-0.1, -0.05) is 133 Å². The molecule has 0 N–H and O–H groups in total. The zero-order valence-corrected chi connectivity index (χ0v) is 34.6. The third kappa shape index (κ3) is 5.83. The number of hydrogen-bond donors (Lipinski definition) is 0. The van der Waals surface area contributed by atoms with Crippen molar-refractivity contribution in [1.82, 2.24) is 19.4 Å². The van der Waals surface area contributed by atoms with Crippen LogP contribution in [0.4, 0.5) is 17.1 Å². The molecule has 8 aromatic carbocycles. The first-order valence-electron chi connectivity index (χ1n) is 21.7. The van der Waals surface area contributed by atoms with Gasteiger partial charge in [-0.3, -0.25) is 4.98 Å². The van der Waals surface area contributed by atoms with Crippen LogP contribution >= 0.6 is 0 Å². The summed E-state index contributed by atoms with van der Waals surface area (Å²) >= 11 is 0. The molecule has 13 aromatic rings. The Kier molecular flexibility index (Phi) is 8.15. The molecule has 298 valence electrons. The Morgan fingerprint density at radius 3 is 1.59 bits per heavy atom. The first-order chi connectivity index (χ1) is 31.7. The Bertz CT molecular complexity index is 3790. The van der Waals surface area contributed by atoms with Crippen LogP contribution in [0.15, 0.2) is 225 Å². The molecule has 5 nitrogen and oxygen atoms in total. The number of para-hydroxylation sites is 3. The molecule has 0 aliphatic rings. The van der Waals surface area contributed by atoms with Gasteiger partial charge in [0.15, 0.2) is 0 Å². The molecular formula is C59H37N5. The van der Waals surface area contributed by atoms with E-state index < -0.39 is 0 Å². The normalized spacial score (nSPS) is 11.8. The number of fused-ring (bicyclic) bond motifs is 8. The van der Waals surface area contributed by atoms with Gasteiger partial charge < -0.3 is 9.30 Å². The van der Waals surface area contributed by atoms with E-state index in [1.807, 2.05) is 36.5 Å². The van der Waals surface area contributed by atoms with Crippen LogP contribution in [0.2, 0.25) is 0 Å². The fourth-order valence-corrected chi connectivity index (χ4v) is 9.69. The summed E-state index contributed by atoms with van der Waals surface area (Å²) in [7, 11) is 0. The van der Waals surface area contributed by atoms with Crippen LogP contribution in [-0.4, -0.2) is 19.4 Å². The van der Waals surface area contributed by atoms with Crippen LogP contribution in [-0.2, 0) is 0 Å². The highest BCUT2D eigenvalue weighted by Gasteiger charge is 2.20. The van der Waals surface area contributed by atoms with Gasteiger partial charge in [0.05, 0.1) is 44.7 Å². The van der Waals surface area contributed by atoms with Crippen LogP contribution in [0, 0.1) is 0 Å². The summed E-state index contributed by atoms with van der Waals surface area (Å²) in [5.74, 6) is 0. The number of rotatable bonds is 7. The largest absolute Gasteiger partial charge is 0.311 e. The first kappa shape index (κ1) is 36.0. The molecule has 0 aliphatic carbocycles. The van der Waals surface area contributed by atoms with Crippen LogP contribution < -0.4 is 4.90 Å². The minimum Gasteiger partial charge on any atom is -0.311 e. The van der Waals surface area contributed by atoms with Gasteiger partial charge in [-0.25, -0.2) is 9.97 Å². The van der Waals surface area contributed by atoms with Crippen molar-refractivity contribution in [2.45, 2.75) is 0 Å². The van der Waals surface area contributed by atoms with E-state index in [4.69, 9.17) is 15.0 Å². The van der Waals surface area contributed by atoms with Gasteiger partial charge in [0.25, 0.3) is 0 Å². The Hall–Kier alpha value is -8.67. The maximum Gasteiger partial charge on any atom is 0.0972 e. The molecule has 0 aliphatic heterocycles. The van der Waals surface area contributed by atoms with Crippen molar-refractivity contribution in [3.05, 3.63) is 225 Å². The smallest absolute Gasteiger partial charge is 0.0972 e. The van der Waals surface area contributed by atoms with Gasteiger partial charge in [-0.05, 0) is 96.1 Å². The fraction of sp³-hybridized carbons (Fsp3) is 0. The standard InChI is InChI=1S/C59H37N5/c1-2-12-42(13-3-1)58-57-43(14-10-34-60-57)37-54(62-58)41-24-31-47(32-25-41)63(46-29-22-40(23-30-46)53-33-26-39-11-4-7-17-52(39)61-53)45-27-20-38(21-28-45)44-35-50-48-15-5-8-18-55(48)64-56-19-9-6-16-49(56)51(36-44)59(50)64/h1-37H. The highest BCUT2D eigenvalue weighted by atomic mass is 15.1. The minimum atomic E-state index is 0.878. The zero-order valence-electron chi connectivity index (χ0n) is 34.6. The van der Waals surface area contributed by atoms with E-state index in [-0.39, 0.29) is 0 Å². The van der Waals surface area contributed by atoms with E-state index in [9.17, 15) is 0 Å². The summed E-state index contributed by atoms with van der Waals surface area (Å²) in [5, 5.41) is 7.29. The van der Waals surface area contributed by atoms with Crippen molar-refractivity contribution in [1.29, 1.82) is 0 Å². The van der Waals surface area contributed by atoms with Crippen LogP contribution in [0.3, 0.4) is 0 Å². The second-order valence-electron chi connectivity index (χ2n) is 16.5. The van der Waals surface area contributed by atoms with Crippen molar-refractivity contribution >= 4 is 77.0 Å². The number of nitrogens with zero attached hydrogens (tertiary/aromatic N) is 5. The summed E-state index contributed by atoms with van der Waals surface area (Å²) < 4.78 is 2.43. The maximum absolute atomic E-state index is 5.20. The van der Waals surface area contributed by atoms with E-state index >= 15 is 0 Å². The molecule has 0 atom stereocenters. The summed E-state index contributed by atoms with van der Waals surface area (Å²) in [5.41, 5.74) is 17.0. The summed E-state index contributed by atoms with van der Waals surface area (Å²) in [6.07, 6.45) is 1.84. The molecule has 5 aromatic heterocycles. The lowest BCUT2D eigenvalue weighted by Crippen LogP contribution is -2.09. The van der Waals surface area contributed by atoms with Gasteiger partial charge >= 0.3 is 0 Å². The molecule has 64 heavy (non-hydrogen) atoms. The molecule has 0 amide bonds. The molecule has 5 heterocycles. The molecule has 0 saturated carbocycles. The summed E-state index contributed by atoms with van der Waals surface area (Å²) in [4.78, 5) is 17.3. The van der Waals surface area contributed by atoms with Gasteiger partial charge in [0.2, 0.25) is 0 Å². The van der Waals surface area contributed by atoms with Gasteiger partial charge in [0, 0.05) is 72.3 Å². The van der Waals surface area contributed by atoms with Gasteiger partial charge in [0.1, 0.15) is 0 Å². The maximum atomic E-state index is 5.20. The van der Waals surface area contributed by atoms with E-state index in [2.05, 4.69) is 197 Å². The van der Waals surface area contributed by atoms with Crippen LogP contribution in [0.1, 0.15) is 0 Å². The molecule has 0 saturated heterocycles. The molecule has 0 unspecified atom stereocenters. The van der Waals surface area contributed by atoms with Crippen molar-refractivity contribution < 1.29 is 0 Å². The fourth-order valence-electron chi connectivity index (χ4n) is 9.69. The Morgan fingerprint density at radius 2 is 0.922 bits per heavy atom. The molecular weight excluding hydrogens is 779 g/mol. The first-order valence-corrected chi connectivity index (χ1v) is 21.7. The third-order valence-electron chi connectivity index (χ3n) is 12.7. The molecule has 0 spiro atoms. The lowest BCUT2D eigenvalue weighted by atomic mass is 9.99. The van der Waals surface area contributed by atoms with E-state index in [0.29, 0.717) is 0 Å². The van der Waals surface area contributed by atoms with Gasteiger partial charge in [-0.2, -0.15) is 0 Å². The lowest BCUT2D eigenvalue weighted by Gasteiger charge is -2.26. The lowest BCUT2D eigenvalue weighted by molar-refractivity contribution is 1.27. The average molecular weight is 816 g/mol. The SMILES string of the molecule is c1ccc(-c2nc(-c3ccc(N(c4ccc(-c5cc6c7ccccc7n7c8ccccc8c(c5)c67)cc4)c4ccc(-c5ccc6ccccc6n5)cc4)cc3)cc3cccnc23)cc1. The molecule has 13 rings (SSSR count). The Labute approximate surface area is 369 Å². The quantitative estimate of drug-likeness (QED) is 0.161. The Morgan fingerprint density at radius 1 is 0.359 bits per heavy atom. The predicted octanol–water partition coefficient (Wildman–Crippen LogP) is 15.5. The van der Waals surface area contributed by atoms with Crippen molar-refractivity contribution in [2.24, 2.45) is 0 Å². The number of hydrogen-bond acceptors (Lipinski definition) is 4. The van der Waals surface area contributed by atoms with E-state index in [1.54, 1.807) is 0 Å². The molecule has 0 bridgehead atoms. The number of anilines is 3. The average Bonchev–Trinajstić information content (AvgIpc) is 3.89. The number of pyridine rings is 3. The minimum absolute atomic E-state index is 0.878. The summed E-state index contributed by atoms with van der Waals surface area (Å²) in [6.45, 7) is 0. The van der Waals surface area contributed by atoms with Gasteiger partial charge in [-0.15, -0.1) is 0 Å². The highest BCUT2D eigenvalue weighted by Crippen LogP contribution is 2.43. The second-order valence-corrected chi connectivity index (χ2v) is 16.5. The molecule has 0 fully saturated rings. The Balaban J connectivity index is 0.913. The number of aromatic nitrogens is 4. The van der Waals surface area contributed by atoms with E-state index in [0.717, 1.165) is 72.6 Å². The monoisotopic (exact) mass is 815 g/mol. The topological polar surface area (TPSA) is 46.3 Å². The predicted molar refractivity (Wildman–Crippen MR) is 266 cm³/mol.